The van der Waals surface area contributed by atoms with E-state index < -0.39 is 11.4 Å². The Morgan fingerprint density at radius 3 is 2.90 bits per heavy atom. The maximum absolute atomic E-state index is 11.3. The summed E-state index contributed by atoms with van der Waals surface area (Å²) in [6, 6.07) is 0.635. The van der Waals surface area contributed by atoms with E-state index in [-0.39, 0.29) is 0 Å². The van der Waals surface area contributed by atoms with Crippen molar-refractivity contribution in [3.63, 3.8) is 0 Å². The molecule has 2 heterocycles. The number of carboxylic acid groups (broad SMARTS) is 1. The fraction of sp³-hybridized carbons (Fsp3) is 0.733. The molecular weight excluding hydrogens is 272 g/mol. The minimum Gasteiger partial charge on any atom is -0.481 e. The summed E-state index contributed by atoms with van der Waals surface area (Å²) in [6.45, 7) is 4.53. The van der Waals surface area contributed by atoms with Gasteiger partial charge in [-0.2, -0.15) is 0 Å². The van der Waals surface area contributed by atoms with Gasteiger partial charge in [0.15, 0.2) is 5.13 Å². The predicted octanol–water partition coefficient (Wildman–Crippen LogP) is 3.27. The zero-order valence-electron chi connectivity index (χ0n) is 12.1. The van der Waals surface area contributed by atoms with Crippen molar-refractivity contribution < 1.29 is 9.90 Å². The lowest BCUT2D eigenvalue weighted by Gasteiger charge is -2.31. The Labute approximate surface area is 123 Å². The highest BCUT2D eigenvalue weighted by Gasteiger charge is 2.38. The Morgan fingerprint density at radius 2 is 2.15 bits per heavy atom. The zero-order chi connectivity index (χ0) is 14.3. The Bertz CT molecular complexity index is 512. The van der Waals surface area contributed by atoms with Crippen molar-refractivity contribution >= 4 is 22.4 Å². The van der Waals surface area contributed by atoms with Crippen molar-refractivity contribution in [1.82, 2.24) is 4.98 Å². The number of carboxylic acids is 1. The first-order valence-corrected chi connectivity index (χ1v) is 8.34. The average molecular weight is 294 g/mol. The third-order valence-corrected chi connectivity index (χ3v) is 5.80. The van der Waals surface area contributed by atoms with Crippen LogP contribution in [0.5, 0.6) is 0 Å². The molecule has 2 atom stereocenters. The van der Waals surface area contributed by atoms with Crippen molar-refractivity contribution in [2.24, 2.45) is 5.92 Å². The Balaban J connectivity index is 1.82. The van der Waals surface area contributed by atoms with Crippen LogP contribution >= 0.6 is 11.3 Å². The van der Waals surface area contributed by atoms with Gasteiger partial charge in [-0.1, -0.05) is 12.8 Å². The molecular formula is C15H22N2O2S. The van der Waals surface area contributed by atoms with Gasteiger partial charge >= 0.3 is 5.97 Å². The zero-order valence-corrected chi connectivity index (χ0v) is 12.9. The molecule has 20 heavy (non-hydrogen) atoms. The van der Waals surface area contributed by atoms with Gasteiger partial charge in [-0.25, -0.2) is 4.98 Å². The smallest absolute Gasteiger partial charge is 0.315 e. The van der Waals surface area contributed by atoms with E-state index in [2.05, 4.69) is 9.88 Å². The Morgan fingerprint density at radius 1 is 1.40 bits per heavy atom. The van der Waals surface area contributed by atoms with Crippen LogP contribution < -0.4 is 4.90 Å². The molecule has 2 aliphatic rings. The number of aliphatic carboxylic acids is 1. The number of carbonyl (C=O) groups is 1. The predicted molar refractivity (Wildman–Crippen MR) is 80.5 cm³/mol. The maximum atomic E-state index is 11.3. The van der Waals surface area contributed by atoms with Gasteiger partial charge in [-0.3, -0.25) is 4.79 Å². The van der Waals surface area contributed by atoms with E-state index in [0.29, 0.717) is 11.7 Å². The molecule has 1 saturated carbocycles. The molecule has 1 saturated heterocycles. The molecule has 0 spiro atoms. The number of aromatic nitrogens is 1. The minimum absolute atomic E-state index is 0.635. The molecule has 1 aliphatic carbocycles. The third kappa shape index (κ3) is 2.22. The SMILES string of the molecule is CC(C)(C(=O)O)c1csc(N2CCC3CCCCC32)n1. The molecule has 0 bridgehead atoms. The lowest BCUT2D eigenvalue weighted by molar-refractivity contribution is -0.142. The van der Waals surface area contributed by atoms with Gasteiger partial charge < -0.3 is 10.0 Å². The number of thiazole rings is 1. The van der Waals surface area contributed by atoms with E-state index in [1.807, 2.05) is 5.38 Å². The lowest BCUT2D eigenvalue weighted by atomic mass is 9.85. The molecule has 5 heteroatoms. The van der Waals surface area contributed by atoms with E-state index in [1.165, 1.54) is 32.1 Å². The van der Waals surface area contributed by atoms with Crippen LogP contribution in [0, 0.1) is 5.92 Å². The standard InChI is InChI=1S/C15H22N2O2S/c1-15(2,13(18)19)12-9-20-14(16-12)17-8-7-10-5-3-4-6-11(10)17/h9-11H,3-8H2,1-2H3,(H,18,19). The summed E-state index contributed by atoms with van der Waals surface area (Å²) in [4.78, 5) is 18.4. The summed E-state index contributed by atoms with van der Waals surface area (Å²) in [5.74, 6) is 0.00917. The number of nitrogens with zero attached hydrogens (tertiary/aromatic N) is 2. The summed E-state index contributed by atoms with van der Waals surface area (Å²) < 4.78 is 0. The van der Waals surface area contributed by atoms with Crippen molar-refractivity contribution in [1.29, 1.82) is 0 Å². The van der Waals surface area contributed by atoms with Crippen molar-refractivity contribution in [2.75, 3.05) is 11.4 Å². The Hall–Kier alpha value is -1.10. The highest BCUT2D eigenvalue weighted by atomic mass is 32.1. The number of fused-ring (bicyclic) bond motifs is 1. The monoisotopic (exact) mass is 294 g/mol. The lowest BCUT2D eigenvalue weighted by Crippen LogP contribution is -2.35. The van der Waals surface area contributed by atoms with Gasteiger partial charge in [0.05, 0.1) is 5.69 Å². The summed E-state index contributed by atoms with van der Waals surface area (Å²) in [6.07, 6.45) is 6.56. The molecule has 0 radical (unpaired) electrons. The normalized spacial score (nSPS) is 26.6. The molecule has 3 rings (SSSR count). The van der Waals surface area contributed by atoms with Gasteiger partial charge in [-0.05, 0) is 39.0 Å². The molecule has 2 fully saturated rings. The van der Waals surface area contributed by atoms with Crippen LogP contribution in [0.15, 0.2) is 5.38 Å². The van der Waals surface area contributed by atoms with Crippen molar-refractivity contribution in [2.45, 2.75) is 57.4 Å². The summed E-state index contributed by atoms with van der Waals surface area (Å²) in [7, 11) is 0. The first-order valence-electron chi connectivity index (χ1n) is 7.46. The Kier molecular flexibility index (Phi) is 3.48. The van der Waals surface area contributed by atoms with E-state index in [9.17, 15) is 9.90 Å². The molecule has 0 amide bonds. The highest BCUT2D eigenvalue weighted by Crippen LogP contribution is 2.40. The number of rotatable bonds is 3. The van der Waals surface area contributed by atoms with Gasteiger partial charge in [0.2, 0.25) is 0 Å². The maximum Gasteiger partial charge on any atom is 0.315 e. The highest BCUT2D eigenvalue weighted by molar-refractivity contribution is 7.13. The quantitative estimate of drug-likeness (QED) is 0.929. The minimum atomic E-state index is -0.902. The van der Waals surface area contributed by atoms with E-state index in [0.717, 1.165) is 17.6 Å². The average Bonchev–Trinajstić information content (AvgIpc) is 3.04. The molecule has 4 nitrogen and oxygen atoms in total. The van der Waals surface area contributed by atoms with Crippen LogP contribution in [0.3, 0.4) is 0 Å². The van der Waals surface area contributed by atoms with Crippen LogP contribution in [0.2, 0.25) is 0 Å². The van der Waals surface area contributed by atoms with Crippen LogP contribution in [-0.2, 0) is 10.2 Å². The third-order valence-electron chi connectivity index (χ3n) is 4.92. The first-order chi connectivity index (χ1) is 9.50. The molecule has 1 aromatic heterocycles. The molecule has 1 aromatic rings. The van der Waals surface area contributed by atoms with Gasteiger partial charge in [-0.15, -0.1) is 11.3 Å². The van der Waals surface area contributed by atoms with E-state index in [4.69, 9.17) is 0 Å². The number of anilines is 1. The second kappa shape index (κ2) is 5.02. The summed E-state index contributed by atoms with van der Waals surface area (Å²) in [5, 5.41) is 12.2. The van der Waals surface area contributed by atoms with E-state index >= 15 is 0 Å². The van der Waals surface area contributed by atoms with E-state index in [1.54, 1.807) is 25.2 Å². The molecule has 1 N–H and O–H groups in total. The van der Waals surface area contributed by atoms with Crippen LogP contribution in [-0.4, -0.2) is 28.6 Å². The second-order valence-electron chi connectivity index (χ2n) is 6.54. The number of hydrogen-bond donors (Lipinski definition) is 1. The second-order valence-corrected chi connectivity index (χ2v) is 7.38. The van der Waals surface area contributed by atoms with Gasteiger partial charge in [0.25, 0.3) is 0 Å². The van der Waals surface area contributed by atoms with Crippen LogP contribution in [0.1, 0.15) is 51.6 Å². The summed E-state index contributed by atoms with van der Waals surface area (Å²) in [5.41, 5.74) is -0.218. The van der Waals surface area contributed by atoms with Crippen molar-refractivity contribution in [3.8, 4) is 0 Å². The van der Waals surface area contributed by atoms with Gasteiger partial charge in [0.1, 0.15) is 5.41 Å². The molecule has 1 aliphatic heterocycles. The van der Waals surface area contributed by atoms with Crippen LogP contribution in [0.4, 0.5) is 5.13 Å². The fourth-order valence-corrected chi connectivity index (χ4v) is 4.51. The molecule has 110 valence electrons. The first kappa shape index (κ1) is 13.9. The molecule has 0 aromatic carbocycles. The largest absolute Gasteiger partial charge is 0.481 e. The fourth-order valence-electron chi connectivity index (χ4n) is 3.44. The van der Waals surface area contributed by atoms with Crippen molar-refractivity contribution in [3.05, 3.63) is 11.1 Å². The van der Waals surface area contributed by atoms with Crippen LogP contribution in [0.25, 0.3) is 0 Å². The summed E-state index contributed by atoms with van der Waals surface area (Å²) >= 11 is 1.60. The van der Waals surface area contributed by atoms with Gasteiger partial charge in [0, 0.05) is 18.0 Å². The number of hydrogen-bond acceptors (Lipinski definition) is 4. The topological polar surface area (TPSA) is 53.4 Å². The molecule has 2 unspecified atom stereocenters.